The lowest BCUT2D eigenvalue weighted by molar-refractivity contribution is -0.139. The number of carbonyl (C=O) groups excluding carboxylic acids is 1. The minimum Gasteiger partial charge on any atom is -0.487 e. The van der Waals surface area contributed by atoms with Crippen LogP contribution in [0.2, 0.25) is 0 Å². The second-order valence-electron chi connectivity index (χ2n) is 9.38. The third-order valence-electron chi connectivity index (χ3n) is 6.42. The third kappa shape index (κ3) is 6.25. The van der Waals surface area contributed by atoms with Gasteiger partial charge < -0.3 is 14.4 Å². The lowest BCUT2D eigenvalue weighted by Crippen LogP contribution is -2.39. The summed E-state index contributed by atoms with van der Waals surface area (Å²) in [7, 11) is -3.80. The van der Waals surface area contributed by atoms with E-state index in [0.717, 1.165) is 49.6 Å². The molecule has 1 saturated heterocycles. The van der Waals surface area contributed by atoms with E-state index >= 15 is 0 Å². The third-order valence-corrected chi connectivity index (χ3v) is 7.53. The van der Waals surface area contributed by atoms with Crippen molar-refractivity contribution < 1.29 is 35.9 Å². The smallest absolute Gasteiger partial charge is 0.420 e. The number of alkyl halides is 3. The van der Waals surface area contributed by atoms with Crippen molar-refractivity contribution >= 4 is 15.9 Å². The molecule has 1 saturated carbocycles. The van der Waals surface area contributed by atoms with Crippen molar-refractivity contribution in [2.75, 3.05) is 19.3 Å². The number of sulfone groups is 1. The predicted molar refractivity (Wildman–Crippen MR) is 121 cm³/mol. The normalized spacial score (nSPS) is 18.3. The second kappa shape index (κ2) is 9.33. The summed E-state index contributed by atoms with van der Waals surface area (Å²) >= 11 is 0. The summed E-state index contributed by atoms with van der Waals surface area (Å²) in [5, 5.41) is 0. The highest BCUT2D eigenvalue weighted by Gasteiger charge is 2.43. The molecule has 7 nitrogen and oxygen atoms in total. The van der Waals surface area contributed by atoms with E-state index in [9.17, 15) is 26.4 Å². The molecule has 2 heterocycles. The molecule has 0 unspecified atom stereocenters. The fourth-order valence-electron chi connectivity index (χ4n) is 3.95. The van der Waals surface area contributed by atoms with Crippen LogP contribution in [0.1, 0.15) is 55.3 Å². The maximum atomic E-state index is 13.4. The fourth-order valence-corrected chi connectivity index (χ4v) is 4.60. The topological polar surface area (TPSA) is 85.8 Å². The molecule has 1 aliphatic heterocycles. The van der Waals surface area contributed by atoms with Crippen LogP contribution >= 0.6 is 0 Å². The number of benzene rings is 1. The Balaban J connectivity index is 1.35. The second-order valence-corrected chi connectivity index (χ2v) is 11.4. The number of halogens is 3. The summed E-state index contributed by atoms with van der Waals surface area (Å²) in [6.45, 7) is 2.91. The largest absolute Gasteiger partial charge is 0.487 e. The minimum atomic E-state index is -4.77. The molecule has 1 aromatic carbocycles. The lowest BCUT2D eigenvalue weighted by Gasteiger charge is -2.32. The van der Waals surface area contributed by atoms with E-state index in [0.29, 0.717) is 24.8 Å². The van der Waals surface area contributed by atoms with Crippen LogP contribution in [0.15, 0.2) is 41.4 Å². The SMILES string of the molecule is CC1(OC(=O)N2CCC(c3ccc(COc4ccc(S(C)(=O)=O)cc4C(F)(F)F)nc3)CC2)CC1. The van der Waals surface area contributed by atoms with E-state index in [-0.39, 0.29) is 24.2 Å². The first-order valence-electron chi connectivity index (χ1n) is 11.3. The minimum absolute atomic E-state index is 0.204. The standard InChI is InChI=1S/C24H27F3N2O5S/c1-23(9-10-23)34-22(30)29-11-7-16(8-12-29)17-3-4-18(28-14-17)15-33-21-6-5-19(35(2,31)32)13-20(21)24(25,26)27/h3-6,13-14,16H,7-12,15H2,1-2H3. The number of rotatable bonds is 6. The maximum absolute atomic E-state index is 13.4. The Bertz CT molecular complexity index is 1190. The Hall–Kier alpha value is -2.82. The molecular weight excluding hydrogens is 485 g/mol. The molecule has 190 valence electrons. The molecule has 11 heteroatoms. The summed E-state index contributed by atoms with van der Waals surface area (Å²) in [5.41, 5.74) is -0.0259. The van der Waals surface area contributed by atoms with Gasteiger partial charge in [-0.15, -0.1) is 0 Å². The van der Waals surface area contributed by atoms with Crippen LogP contribution in [0.5, 0.6) is 5.75 Å². The highest BCUT2D eigenvalue weighted by molar-refractivity contribution is 7.90. The van der Waals surface area contributed by atoms with E-state index < -0.39 is 32.2 Å². The Morgan fingerprint density at radius 1 is 1.17 bits per heavy atom. The van der Waals surface area contributed by atoms with Crippen LogP contribution in [0.3, 0.4) is 0 Å². The molecule has 0 spiro atoms. The number of piperidine rings is 1. The number of hydrogen-bond donors (Lipinski definition) is 0. The summed E-state index contributed by atoms with van der Waals surface area (Å²) in [5.74, 6) is -0.242. The molecule has 0 N–H and O–H groups in total. The van der Waals surface area contributed by atoms with Crippen molar-refractivity contribution in [3.8, 4) is 5.75 Å². The summed E-state index contributed by atoms with van der Waals surface area (Å²) in [6, 6.07) is 6.24. The van der Waals surface area contributed by atoms with E-state index in [2.05, 4.69) is 4.98 Å². The van der Waals surface area contributed by atoms with Gasteiger partial charge in [-0.2, -0.15) is 13.2 Å². The Morgan fingerprint density at radius 2 is 1.86 bits per heavy atom. The van der Waals surface area contributed by atoms with Crippen LogP contribution in [-0.4, -0.2) is 49.3 Å². The molecule has 2 aliphatic rings. The van der Waals surface area contributed by atoms with Gasteiger partial charge in [0.1, 0.15) is 18.0 Å². The van der Waals surface area contributed by atoms with Gasteiger partial charge in [0, 0.05) is 25.5 Å². The van der Waals surface area contributed by atoms with E-state index in [1.165, 1.54) is 0 Å². The summed E-state index contributed by atoms with van der Waals surface area (Å²) in [4.78, 5) is 17.9. The average molecular weight is 513 g/mol. The average Bonchev–Trinajstić information content (AvgIpc) is 3.53. The molecule has 2 fully saturated rings. The van der Waals surface area contributed by atoms with Crippen LogP contribution in [0, 0.1) is 0 Å². The van der Waals surface area contributed by atoms with Gasteiger partial charge in [0.15, 0.2) is 9.84 Å². The van der Waals surface area contributed by atoms with E-state index in [4.69, 9.17) is 9.47 Å². The van der Waals surface area contributed by atoms with E-state index in [1.807, 2.05) is 13.0 Å². The zero-order valence-corrected chi connectivity index (χ0v) is 20.3. The number of carbonyl (C=O) groups is 1. The highest BCUT2D eigenvalue weighted by atomic mass is 32.2. The van der Waals surface area contributed by atoms with Gasteiger partial charge in [0.05, 0.1) is 16.2 Å². The Morgan fingerprint density at radius 3 is 2.40 bits per heavy atom. The van der Waals surface area contributed by atoms with Crippen LogP contribution in [0.25, 0.3) is 0 Å². The molecule has 4 rings (SSSR count). The first-order chi connectivity index (χ1) is 16.3. The van der Waals surface area contributed by atoms with Crippen LogP contribution in [-0.2, 0) is 27.4 Å². The molecule has 1 aromatic heterocycles. The number of hydrogen-bond acceptors (Lipinski definition) is 6. The number of likely N-dealkylation sites (tertiary alicyclic amines) is 1. The number of aromatic nitrogens is 1. The van der Waals surface area contributed by atoms with Crippen LogP contribution < -0.4 is 4.74 Å². The Kier molecular flexibility index (Phi) is 6.74. The van der Waals surface area contributed by atoms with Gasteiger partial charge in [-0.3, -0.25) is 4.98 Å². The molecule has 2 aromatic rings. The maximum Gasteiger partial charge on any atom is 0.420 e. The first-order valence-corrected chi connectivity index (χ1v) is 13.2. The summed E-state index contributed by atoms with van der Waals surface area (Å²) < 4.78 is 74.5. The molecular formula is C24H27F3N2O5S. The molecule has 1 aliphatic carbocycles. The molecule has 0 atom stereocenters. The van der Waals surface area contributed by atoms with Gasteiger partial charge in [0.2, 0.25) is 0 Å². The molecule has 0 bridgehead atoms. The first kappa shape index (κ1) is 25.3. The fraction of sp³-hybridized carbons (Fsp3) is 0.500. The zero-order valence-electron chi connectivity index (χ0n) is 19.5. The van der Waals surface area contributed by atoms with Crippen molar-refractivity contribution in [1.82, 2.24) is 9.88 Å². The molecule has 35 heavy (non-hydrogen) atoms. The van der Waals surface area contributed by atoms with Crippen molar-refractivity contribution in [2.24, 2.45) is 0 Å². The number of pyridine rings is 1. The molecule has 0 radical (unpaired) electrons. The summed E-state index contributed by atoms with van der Waals surface area (Å²) in [6.07, 6.45) is 0.831. The van der Waals surface area contributed by atoms with Gasteiger partial charge in [-0.1, -0.05) is 6.07 Å². The number of ether oxygens (including phenoxy) is 2. The highest BCUT2D eigenvalue weighted by Crippen LogP contribution is 2.40. The molecule has 1 amide bonds. The predicted octanol–water partition coefficient (Wildman–Crippen LogP) is 4.95. The van der Waals surface area contributed by atoms with Gasteiger partial charge in [-0.05, 0) is 68.4 Å². The van der Waals surface area contributed by atoms with Crippen molar-refractivity contribution in [3.63, 3.8) is 0 Å². The number of amides is 1. The van der Waals surface area contributed by atoms with Gasteiger partial charge in [-0.25, -0.2) is 13.2 Å². The number of nitrogens with zero attached hydrogens (tertiary/aromatic N) is 2. The Labute approximate surface area is 202 Å². The van der Waals surface area contributed by atoms with Gasteiger partial charge >= 0.3 is 12.3 Å². The quantitative estimate of drug-likeness (QED) is 0.544. The van der Waals surface area contributed by atoms with Crippen LogP contribution in [0.4, 0.5) is 18.0 Å². The van der Waals surface area contributed by atoms with Gasteiger partial charge in [0.25, 0.3) is 0 Å². The van der Waals surface area contributed by atoms with Crippen molar-refractivity contribution in [1.29, 1.82) is 0 Å². The zero-order chi connectivity index (χ0) is 25.4. The lowest BCUT2D eigenvalue weighted by atomic mass is 9.90. The van der Waals surface area contributed by atoms with E-state index in [1.54, 1.807) is 17.2 Å². The van der Waals surface area contributed by atoms with Crippen molar-refractivity contribution in [3.05, 3.63) is 53.3 Å². The van der Waals surface area contributed by atoms with Crippen molar-refractivity contribution in [2.45, 2.75) is 61.8 Å². The monoisotopic (exact) mass is 512 g/mol.